The third-order valence-electron chi connectivity index (χ3n) is 2.40. The fourth-order valence-corrected chi connectivity index (χ4v) is 1.98. The van der Waals surface area contributed by atoms with Crippen molar-refractivity contribution in [2.75, 3.05) is 0 Å². The summed E-state index contributed by atoms with van der Waals surface area (Å²) in [5.41, 5.74) is 1.49. The summed E-state index contributed by atoms with van der Waals surface area (Å²) in [5, 5.41) is 9.64. The minimum absolute atomic E-state index is 0.130. The zero-order valence-corrected chi connectivity index (χ0v) is 10.6. The maximum Gasteiger partial charge on any atom is 0.213 e. The number of pyridine rings is 1. The first-order valence-corrected chi connectivity index (χ1v) is 5.85. The lowest BCUT2D eigenvalue weighted by Crippen LogP contribution is -1.96. The highest BCUT2D eigenvalue weighted by atomic mass is 35.5. The van der Waals surface area contributed by atoms with E-state index in [1.54, 1.807) is 18.2 Å². The summed E-state index contributed by atoms with van der Waals surface area (Å²) in [6.07, 6.45) is 0.130. The molecule has 2 aromatic rings. The van der Waals surface area contributed by atoms with Crippen LogP contribution in [0.25, 0.3) is 11.3 Å². The summed E-state index contributed by atoms with van der Waals surface area (Å²) < 4.78 is 13.2. The highest BCUT2D eigenvalue weighted by Crippen LogP contribution is 2.31. The van der Waals surface area contributed by atoms with Crippen LogP contribution < -0.4 is 0 Å². The van der Waals surface area contributed by atoms with Gasteiger partial charge in [0.25, 0.3) is 0 Å². The lowest BCUT2D eigenvalue weighted by atomic mass is 10.0. The molecule has 0 aliphatic carbocycles. The third kappa shape index (κ3) is 2.61. The fourth-order valence-electron chi connectivity index (χ4n) is 1.60. The molecule has 18 heavy (non-hydrogen) atoms. The molecule has 0 aliphatic rings. The molecule has 0 bridgehead atoms. The van der Waals surface area contributed by atoms with Crippen molar-refractivity contribution >= 4 is 23.2 Å². The number of halogens is 3. The molecule has 0 N–H and O–H groups in total. The molecule has 0 radical (unpaired) electrons. The number of aromatic nitrogens is 1. The maximum absolute atomic E-state index is 13.2. The molecule has 0 amide bonds. The van der Waals surface area contributed by atoms with Gasteiger partial charge in [0.1, 0.15) is 0 Å². The second kappa shape index (κ2) is 5.34. The van der Waals surface area contributed by atoms with Crippen LogP contribution in [0.15, 0.2) is 30.3 Å². The molecule has 5 heteroatoms. The van der Waals surface area contributed by atoms with Crippen LogP contribution in [0.2, 0.25) is 10.0 Å². The van der Waals surface area contributed by atoms with Crippen LogP contribution in [0.3, 0.4) is 0 Å². The Hall–Kier alpha value is -1.63. The number of nitriles is 1. The quantitative estimate of drug-likeness (QED) is 0.771. The third-order valence-corrected chi connectivity index (χ3v) is 2.96. The van der Waals surface area contributed by atoms with Gasteiger partial charge in [0, 0.05) is 10.6 Å². The number of hydrogen-bond acceptors (Lipinski definition) is 2. The Kier molecular flexibility index (Phi) is 3.81. The minimum atomic E-state index is -0.622. The Balaban J connectivity index is 2.65. The van der Waals surface area contributed by atoms with Crippen molar-refractivity contribution in [1.82, 2.24) is 4.98 Å². The molecule has 2 rings (SSSR count). The first-order chi connectivity index (χ1) is 8.61. The summed E-state index contributed by atoms with van der Waals surface area (Å²) in [6.45, 7) is 0. The van der Waals surface area contributed by atoms with Crippen LogP contribution in [0, 0.1) is 17.3 Å². The Morgan fingerprint density at radius 2 is 2.00 bits per heavy atom. The van der Waals surface area contributed by atoms with E-state index in [-0.39, 0.29) is 6.42 Å². The van der Waals surface area contributed by atoms with Gasteiger partial charge in [-0.3, -0.25) is 0 Å². The van der Waals surface area contributed by atoms with Gasteiger partial charge in [-0.2, -0.15) is 9.65 Å². The molecule has 1 aromatic carbocycles. The summed E-state index contributed by atoms with van der Waals surface area (Å²) in [7, 11) is 0. The second-order valence-corrected chi connectivity index (χ2v) is 4.44. The maximum atomic E-state index is 13.2. The molecule has 0 atom stereocenters. The van der Waals surface area contributed by atoms with Gasteiger partial charge in [0.05, 0.1) is 23.2 Å². The van der Waals surface area contributed by atoms with Crippen LogP contribution in [0.1, 0.15) is 5.56 Å². The van der Waals surface area contributed by atoms with E-state index in [4.69, 9.17) is 28.5 Å². The van der Waals surface area contributed by atoms with Crippen molar-refractivity contribution in [3.05, 3.63) is 51.9 Å². The highest BCUT2D eigenvalue weighted by Gasteiger charge is 2.12. The van der Waals surface area contributed by atoms with Gasteiger partial charge in [0.2, 0.25) is 5.95 Å². The molecule has 1 heterocycles. The number of hydrogen-bond donors (Lipinski definition) is 0. The lowest BCUT2D eigenvalue weighted by molar-refractivity contribution is 0.584. The largest absolute Gasteiger partial charge is 0.219 e. The molecule has 90 valence electrons. The van der Waals surface area contributed by atoms with Crippen LogP contribution in [0.4, 0.5) is 4.39 Å². The average molecular weight is 281 g/mol. The van der Waals surface area contributed by atoms with E-state index in [1.165, 1.54) is 12.1 Å². The fraction of sp³-hybridized carbons (Fsp3) is 0.0769. The molecule has 0 aliphatic heterocycles. The van der Waals surface area contributed by atoms with Gasteiger partial charge < -0.3 is 0 Å². The van der Waals surface area contributed by atoms with Gasteiger partial charge in [-0.1, -0.05) is 29.3 Å². The smallest absolute Gasteiger partial charge is 0.213 e. The van der Waals surface area contributed by atoms with Gasteiger partial charge in [-0.15, -0.1) is 0 Å². The van der Waals surface area contributed by atoms with Crippen molar-refractivity contribution in [2.45, 2.75) is 6.42 Å². The average Bonchev–Trinajstić information content (AvgIpc) is 2.35. The van der Waals surface area contributed by atoms with E-state index in [0.717, 1.165) is 0 Å². The Labute approximate surface area is 114 Å². The van der Waals surface area contributed by atoms with E-state index in [9.17, 15) is 4.39 Å². The molecular formula is C13H7Cl2FN2. The normalized spacial score (nSPS) is 10.1. The topological polar surface area (TPSA) is 36.7 Å². The van der Waals surface area contributed by atoms with Crippen LogP contribution in [0.5, 0.6) is 0 Å². The second-order valence-electron chi connectivity index (χ2n) is 3.60. The monoisotopic (exact) mass is 280 g/mol. The highest BCUT2D eigenvalue weighted by molar-refractivity contribution is 6.35. The standard InChI is InChI=1S/C13H7Cl2FN2/c14-9-2-3-11(15)10(7-9)13-8(5-6-17)1-4-12(16)18-13/h1-4,7H,5H2. The van der Waals surface area contributed by atoms with E-state index in [1.807, 2.05) is 6.07 Å². The molecular weight excluding hydrogens is 274 g/mol. The Bertz CT molecular complexity index is 635. The lowest BCUT2D eigenvalue weighted by Gasteiger charge is -2.08. The zero-order chi connectivity index (χ0) is 13.1. The summed E-state index contributed by atoms with van der Waals surface area (Å²) in [5.74, 6) is -0.622. The van der Waals surface area contributed by atoms with E-state index >= 15 is 0 Å². The predicted octanol–water partition coefficient (Wildman–Crippen LogP) is 4.26. The van der Waals surface area contributed by atoms with E-state index in [2.05, 4.69) is 4.98 Å². The molecule has 2 nitrogen and oxygen atoms in total. The van der Waals surface area contributed by atoms with Gasteiger partial charge in [-0.05, 0) is 29.8 Å². The summed E-state index contributed by atoms with van der Waals surface area (Å²) >= 11 is 11.9. The molecule has 0 fully saturated rings. The van der Waals surface area contributed by atoms with Crippen LogP contribution in [-0.2, 0) is 6.42 Å². The van der Waals surface area contributed by atoms with Gasteiger partial charge in [0.15, 0.2) is 0 Å². The van der Waals surface area contributed by atoms with Crippen LogP contribution >= 0.6 is 23.2 Å². The van der Waals surface area contributed by atoms with Crippen molar-refractivity contribution in [2.24, 2.45) is 0 Å². The van der Waals surface area contributed by atoms with Crippen LogP contribution in [-0.4, -0.2) is 4.98 Å². The molecule has 0 unspecified atom stereocenters. The van der Waals surface area contributed by atoms with Crippen molar-refractivity contribution in [1.29, 1.82) is 5.26 Å². The predicted molar refractivity (Wildman–Crippen MR) is 69.0 cm³/mol. The van der Waals surface area contributed by atoms with Gasteiger partial charge in [-0.25, -0.2) is 4.98 Å². The SMILES string of the molecule is N#CCc1ccc(F)nc1-c1cc(Cl)ccc1Cl. The number of benzene rings is 1. The van der Waals surface area contributed by atoms with Crippen molar-refractivity contribution in [3.8, 4) is 17.3 Å². The molecule has 0 spiro atoms. The van der Waals surface area contributed by atoms with Crippen molar-refractivity contribution in [3.63, 3.8) is 0 Å². The molecule has 0 saturated heterocycles. The summed E-state index contributed by atoms with van der Waals surface area (Å²) in [6, 6.07) is 9.60. The first-order valence-electron chi connectivity index (χ1n) is 5.09. The van der Waals surface area contributed by atoms with E-state index in [0.29, 0.717) is 26.9 Å². The van der Waals surface area contributed by atoms with Crippen molar-refractivity contribution < 1.29 is 4.39 Å². The Morgan fingerprint density at radius 3 is 2.72 bits per heavy atom. The number of nitrogens with zero attached hydrogens (tertiary/aromatic N) is 2. The number of rotatable bonds is 2. The zero-order valence-electron chi connectivity index (χ0n) is 9.12. The van der Waals surface area contributed by atoms with Gasteiger partial charge >= 0.3 is 0 Å². The Morgan fingerprint density at radius 1 is 1.22 bits per heavy atom. The minimum Gasteiger partial charge on any atom is -0.219 e. The summed E-state index contributed by atoms with van der Waals surface area (Å²) in [4.78, 5) is 3.80. The molecule has 1 aromatic heterocycles. The first kappa shape index (κ1) is 12.8. The van der Waals surface area contributed by atoms with E-state index < -0.39 is 5.95 Å². The molecule has 0 saturated carbocycles.